The molecule has 0 amide bonds. The largest absolute Gasteiger partial charge is 0.457 e. The lowest BCUT2D eigenvalue weighted by Gasteiger charge is -2.36. The third-order valence-corrected chi connectivity index (χ3v) is 3.54. The standard InChI is InChI=1S/C11H5BrF11NO/c12-4-1-3(2-5(6(4)24)25-7(13)14)8(15,10(18,19)20)9(16,17)11(21,22)23/h1-2,7H,24H2. The number of halogens is 12. The molecule has 0 aliphatic heterocycles. The Hall–Kier alpha value is -1.47. The van der Waals surface area contributed by atoms with E-state index in [2.05, 4.69) is 20.7 Å². The predicted molar refractivity (Wildman–Crippen MR) is 65.0 cm³/mol. The summed E-state index contributed by atoms with van der Waals surface area (Å²) in [5.74, 6) is -8.38. The molecule has 0 fully saturated rings. The van der Waals surface area contributed by atoms with E-state index in [4.69, 9.17) is 5.73 Å². The zero-order chi connectivity index (χ0) is 20.0. The van der Waals surface area contributed by atoms with Crippen LogP contribution >= 0.6 is 15.9 Å². The second kappa shape index (κ2) is 6.36. The maximum atomic E-state index is 14.2. The molecule has 1 aromatic rings. The minimum Gasteiger partial charge on any atom is -0.433 e. The van der Waals surface area contributed by atoms with Crippen molar-refractivity contribution in [2.24, 2.45) is 0 Å². The molecule has 2 nitrogen and oxygen atoms in total. The fourth-order valence-corrected chi connectivity index (χ4v) is 2.15. The van der Waals surface area contributed by atoms with Crippen LogP contribution in [0.3, 0.4) is 0 Å². The number of benzene rings is 1. The Balaban J connectivity index is 3.78. The lowest BCUT2D eigenvalue weighted by atomic mass is 9.87. The highest BCUT2D eigenvalue weighted by Crippen LogP contribution is 2.59. The van der Waals surface area contributed by atoms with Crippen molar-refractivity contribution < 1.29 is 53.0 Å². The molecule has 144 valence electrons. The van der Waals surface area contributed by atoms with Gasteiger partial charge in [0.2, 0.25) is 0 Å². The van der Waals surface area contributed by atoms with Crippen LogP contribution in [0, 0.1) is 0 Å². The highest BCUT2D eigenvalue weighted by molar-refractivity contribution is 9.10. The van der Waals surface area contributed by atoms with Crippen molar-refractivity contribution >= 4 is 21.6 Å². The molecule has 0 spiro atoms. The molecule has 1 atom stereocenters. The molecule has 2 N–H and O–H groups in total. The summed E-state index contributed by atoms with van der Waals surface area (Å²) < 4.78 is 144. The van der Waals surface area contributed by atoms with Gasteiger partial charge < -0.3 is 10.5 Å². The second-order valence-electron chi connectivity index (χ2n) is 4.48. The van der Waals surface area contributed by atoms with E-state index in [0.29, 0.717) is 0 Å². The first-order valence-electron chi connectivity index (χ1n) is 5.71. The normalized spacial score (nSPS) is 16.0. The molecular formula is C11H5BrF11NO. The van der Waals surface area contributed by atoms with Gasteiger partial charge in [-0.05, 0) is 28.1 Å². The maximum absolute atomic E-state index is 14.2. The Bertz CT molecular complexity index is 642. The average molecular weight is 456 g/mol. The van der Waals surface area contributed by atoms with Crippen LogP contribution in [-0.4, -0.2) is 24.9 Å². The van der Waals surface area contributed by atoms with Gasteiger partial charge in [-0.1, -0.05) is 0 Å². The van der Waals surface area contributed by atoms with Crippen LogP contribution in [0.1, 0.15) is 5.56 Å². The number of rotatable bonds is 4. The first-order chi connectivity index (χ1) is 11.0. The van der Waals surface area contributed by atoms with Gasteiger partial charge in [0.25, 0.3) is 0 Å². The molecule has 1 rings (SSSR count). The predicted octanol–water partition coefficient (Wildman–Crippen LogP) is 5.56. The minimum atomic E-state index is -6.95. The molecular weight excluding hydrogens is 451 g/mol. The van der Waals surface area contributed by atoms with Gasteiger partial charge >= 0.3 is 30.6 Å². The van der Waals surface area contributed by atoms with Gasteiger partial charge in [0.05, 0.1) is 5.69 Å². The number of nitrogens with two attached hydrogens (primary N) is 1. The van der Waals surface area contributed by atoms with Gasteiger partial charge in [0.15, 0.2) is 5.75 Å². The number of hydrogen-bond donors (Lipinski definition) is 1. The van der Waals surface area contributed by atoms with E-state index in [0.717, 1.165) is 0 Å². The Labute approximate surface area is 139 Å². The summed E-state index contributed by atoms with van der Waals surface area (Å²) in [5.41, 5.74) is -4.37. The molecule has 0 radical (unpaired) electrons. The molecule has 0 saturated heterocycles. The highest BCUT2D eigenvalue weighted by Gasteiger charge is 2.81. The number of ether oxygens (including phenoxy) is 1. The topological polar surface area (TPSA) is 35.2 Å². The fraction of sp³-hybridized carbons (Fsp3) is 0.455. The second-order valence-corrected chi connectivity index (χ2v) is 5.33. The lowest BCUT2D eigenvalue weighted by Crippen LogP contribution is -2.59. The molecule has 1 unspecified atom stereocenters. The van der Waals surface area contributed by atoms with E-state index >= 15 is 0 Å². The van der Waals surface area contributed by atoms with Crippen molar-refractivity contribution in [2.45, 2.75) is 30.6 Å². The summed E-state index contributed by atoms with van der Waals surface area (Å²) in [4.78, 5) is 0. The Morgan fingerprint density at radius 2 is 1.36 bits per heavy atom. The van der Waals surface area contributed by atoms with E-state index in [1.807, 2.05) is 0 Å². The molecule has 0 aliphatic rings. The maximum Gasteiger partial charge on any atom is 0.457 e. The van der Waals surface area contributed by atoms with Crippen molar-refractivity contribution in [3.05, 3.63) is 22.2 Å². The zero-order valence-electron chi connectivity index (χ0n) is 11.3. The quantitative estimate of drug-likeness (QED) is 0.476. The molecule has 14 heteroatoms. The van der Waals surface area contributed by atoms with E-state index in [-0.39, 0.29) is 6.07 Å². The molecule has 0 heterocycles. The molecule has 0 aliphatic carbocycles. The number of anilines is 1. The fourth-order valence-electron chi connectivity index (χ4n) is 1.70. The van der Waals surface area contributed by atoms with Gasteiger partial charge in [0.1, 0.15) is 0 Å². The first-order valence-corrected chi connectivity index (χ1v) is 6.50. The number of hydrogen-bond acceptors (Lipinski definition) is 2. The van der Waals surface area contributed by atoms with Crippen molar-refractivity contribution in [2.75, 3.05) is 5.73 Å². The summed E-state index contributed by atoms with van der Waals surface area (Å²) in [6.45, 7) is -3.73. The van der Waals surface area contributed by atoms with E-state index in [9.17, 15) is 48.3 Å². The van der Waals surface area contributed by atoms with Gasteiger partial charge in [-0.25, -0.2) is 4.39 Å². The van der Waals surface area contributed by atoms with Gasteiger partial charge in [-0.2, -0.15) is 43.9 Å². The van der Waals surface area contributed by atoms with E-state index in [1.165, 1.54) is 0 Å². The highest BCUT2D eigenvalue weighted by atomic mass is 79.9. The lowest BCUT2D eigenvalue weighted by molar-refractivity contribution is -0.389. The summed E-state index contributed by atoms with van der Waals surface area (Å²) in [7, 11) is 0. The van der Waals surface area contributed by atoms with Crippen LogP contribution in [0.15, 0.2) is 16.6 Å². The summed E-state index contributed by atoms with van der Waals surface area (Å²) in [6, 6.07) is -0.541. The Morgan fingerprint density at radius 3 is 1.72 bits per heavy atom. The van der Waals surface area contributed by atoms with E-state index < -0.39 is 58.1 Å². The van der Waals surface area contributed by atoms with Crippen LogP contribution in [0.2, 0.25) is 0 Å². The van der Waals surface area contributed by atoms with Crippen molar-refractivity contribution in [1.29, 1.82) is 0 Å². The van der Waals surface area contributed by atoms with Crippen molar-refractivity contribution in [3.63, 3.8) is 0 Å². The Kier molecular flexibility index (Phi) is 5.49. The van der Waals surface area contributed by atoms with Gasteiger partial charge in [-0.3, -0.25) is 0 Å². The number of nitrogen functional groups attached to an aromatic ring is 1. The minimum absolute atomic E-state index is 0.138. The summed E-state index contributed by atoms with van der Waals surface area (Å²) in [5, 5.41) is 0. The molecule has 25 heavy (non-hydrogen) atoms. The molecule has 0 bridgehead atoms. The van der Waals surface area contributed by atoms with Crippen LogP contribution in [0.5, 0.6) is 5.75 Å². The number of alkyl halides is 11. The van der Waals surface area contributed by atoms with Crippen LogP contribution < -0.4 is 10.5 Å². The van der Waals surface area contributed by atoms with Crippen molar-refractivity contribution in [3.8, 4) is 5.75 Å². The van der Waals surface area contributed by atoms with Crippen LogP contribution in [-0.2, 0) is 5.67 Å². The van der Waals surface area contributed by atoms with Crippen LogP contribution in [0.4, 0.5) is 54.0 Å². The molecule has 1 aromatic carbocycles. The van der Waals surface area contributed by atoms with E-state index in [1.54, 1.807) is 0 Å². The average Bonchev–Trinajstić information content (AvgIpc) is 2.39. The monoisotopic (exact) mass is 455 g/mol. The SMILES string of the molecule is Nc1c(Br)cc(C(F)(C(F)(F)F)C(F)(F)C(F)(F)F)cc1OC(F)F. The summed E-state index contributed by atoms with van der Waals surface area (Å²) >= 11 is 2.35. The van der Waals surface area contributed by atoms with Gasteiger partial charge in [0, 0.05) is 10.0 Å². The van der Waals surface area contributed by atoms with Crippen LogP contribution in [0.25, 0.3) is 0 Å². The van der Waals surface area contributed by atoms with Gasteiger partial charge in [-0.15, -0.1) is 0 Å². The molecule has 0 saturated carbocycles. The smallest absolute Gasteiger partial charge is 0.433 e. The Morgan fingerprint density at radius 1 is 0.880 bits per heavy atom. The summed E-state index contributed by atoms with van der Waals surface area (Å²) in [6.07, 6.45) is -13.7. The van der Waals surface area contributed by atoms with Crippen molar-refractivity contribution in [1.82, 2.24) is 0 Å². The third-order valence-electron chi connectivity index (χ3n) is 2.88. The third kappa shape index (κ3) is 3.58. The molecule has 0 aromatic heterocycles. The first kappa shape index (κ1) is 21.6. The zero-order valence-corrected chi connectivity index (χ0v) is 12.8.